The van der Waals surface area contributed by atoms with Gasteiger partial charge in [0.05, 0.1) is 5.69 Å². The van der Waals surface area contributed by atoms with E-state index in [9.17, 15) is 4.79 Å². The SMILES string of the molecule is Cc1cc(C)n(CC(=O)NCC2NCCCC2(C)C)n1. The van der Waals surface area contributed by atoms with E-state index in [1.165, 1.54) is 12.8 Å². The lowest BCUT2D eigenvalue weighted by Crippen LogP contribution is -2.53. The number of nitrogens with zero attached hydrogens (tertiary/aromatic N) is 2. The van der Waals surface area contributed by atoms with Gasteiger partial charge in [0.2, 0.25) is 5.91 Å². The molecule has 1 unspecified atom stereocenters. The van der Waals surface area contributed by atoms with Gasteiger partial charge in [0.15, 0.2) is 0 Å². The highest BCUT2D eigenvalue weighted by Gasteiger charge is 2.31. The Balaban J connectivity index is 1.84. The highest BCUT2D eigenvalue weighted by Crippen LogP contribution is 2.29. The molecule has 1 aromatic rings. The summed E-state index contributed by atoms with van der Waals surface area (Å²) in [6.07, 6.45) is 2.42. The van der Waals surface area contributed by atoms with E-state index in [0.717, 1.165) is 17.9 Å². The first kappa shape index (κ1) is 15.0. The van der Waals surface area contributed by atoms with Gasteiger partial charge in [0.25, 0.3) is 0 Å². The number of hydrogen-bond acceptors (Lipinski definition) is 3. The quantitative estimate of drug-likeness (QED) is 0.875. The van der Waals surface area contributed by atoms with Crippen LogP contribution in [0.4, 0.5) is 0 Å². The number of aromatic nitrogens is 2. The summed E-state index contributed by atoms with van der Waals surface area (Å²) in [6.45, 7) is 10.5. The number of carbonyl (C=O) groups excluding carboxylic acids is 1. The second kappa shape index (κ2) is 5.95. The van der Waals surface area contributed by atoms with Crippen LogP contribution >= 0.6 is 0 Å². The van der Waals surface area contributed by atoms with Crippen molar-refractivity contribution in [3.8, 4) is 0 Å². The third-order valence-electron chi connectivity index (χ3n) is 4.23. The minimum atomic E-state index is 0.0272. The van der Waals surface area contributed by atoms with E-state index in [0.29, 0.717) is 19.1 Å². The maximum absolute atomic E-state index is 12.0. The second-order valence-electron chi connectivity index (χ2n) is 6.49. The third kappa shape index (κ3) is 3.60. The molecular formula is C15H26N4O. The molecule has 0 spiro atoms. The van der Waals surface area contributed by atoms with Crippen molar-refractivity contribution < 1.29 is 4.79 Å². The van der Waals surface area contributed by atoms with Gasteiger partial charge in [-0.05, 0) is 44.7 Å². The third-order valence-corrected chi connectivity index (χ3v) is 4.23. The van der Waals surface area contributed by atoms with Crippen LogP contribution in [0.3, 0.4) is 0 Å². The Morgan fingerprint density at radius 2 is 2.30 bits per heavy atom. The second-order valence-corrected chi connectivity index (χ2v) is 6.49. The molecule has 1 aliphatic heterocycles. The summed E-state index contributed by atoms with van der Waals surface area (Å²) in [5.41, 5.74) is 2.21. The average Bonchev–Trinajstić information content (AvgIpc) is 2.66. The van der Waals surface area contributed by atoms with Gasteiger partial charge in [0.1, 0.15) is 6.54 Å². The topological polar surface area (TPSA) is 59.0 Å². The van der Waals surface area contributed by atoms with Crippen molar-refractivity contribution in [2.75, 3.05) is 13.1 Å². The first-order chi connectivity index (χ1) is 9.38. The lowest BCUT2D eigenvalue weighted by molar-refractivity contribution is -0.122. The Morgan fingerprint density at radius 1 is 1.55 bits per heavy atom. The zero-order valence-corrected chi connectivity index (χ0v) is 13.0. The summed E-state index contributed by atoms with van der Waals surface area (Å²) in [5.74, 6) is 0.0272. The van der Waals surface area contributed by atoms with E-state index in [-0.39, 0.29) is 11.3 Å². The molecule has 0 bridgehead atoms. The van der Waals surface area contributed by atoms with E-state index < -0.39 is 0 Å². The normalized spacial score (nSPS) is 21.7. The monoisotopic (exact) mass is 278 g/mol. The number of rotatable bonds is 4. The summed E-state index contributed by atoms with van der Waals surface area (Å²) in [6, 6.07) is 2.33. The maximum atomic E-state index is 12.0. The first-order valence-electron chi connectivity index (χ1n) is 7.39. The fourth-order valence-corrected chi connectivity index (χ4v) is 2.86. The van der Waals surface area contributed by atoms with Crippen LogP contribution in [0.2, 0.25) is 0 Å². The van der Waals surface area contributed by atoms with Crippen LogP contribution in [-0.4, -0.2) is 34.8 Å². The van der Waals surface area contributed by atoms with E-state index in [2.05, 4.69) is 29.6 Å². The van der Waals surface area contributed by atoms with E-state index in [1.54, 1.807) is 4.68 Å². The molecule has 0 aliphatic carbocycles. The summed E-state index contributed by atoms with van der Waals surface area (Å²) in [7, 11) is 0. The number of hydrogen-bond donors (Lipinski definition) is 2. The molecule has 1 fully saturated rings. The Kier molecular flexibility index (Phi) is 4.48. The number of nitrogens with one attached hydrogen (secondary N) is 2. The molecular weight excluding hydrogens is 252 g/mol. The molecule has 2 rings (SSSR count). The predicted octanol–water partition coefficient (Wildman–Crippen LogP) is 1.39. The van der Waals surface area contributed by atoms with Gasteiger partial charge in [-0.25, -0.2) is 0 Å². The average molecular weight is 278 g/mol. The smallest absolute Gasteiger partial charge is 0.241 e. The molecule has 0 aromatic carbocycles. The van der Waals surface area contributed by atoms with E-state index in [1.807, 2.05) is 19.9 Å². The standard InChI is InChI=1S/C15H26N4O/c1-11-8-12(2)19(18-11)10-14(20)17-9-13-15(3,4)6-5-7-16-13/h8,13,16H,5-7,9-10H2,1-4H3,(H,17,20). The van der Waals surface area contributed by atoms with Crippen LogP contribution < -0.4 is 10.6 Å². The Bertz CT molecular complexity index is 478. The molecule has 0 saturated carbocycles. The summed E-state index contributed by atoms with van der Waals surface area (Å²) < 4.78 is 1.75. The molecule has 5 heteroatoms. The van der Waals surface area contributed by atoms with Gasteiger partial charge in [-0.1, -0.05) is 13.8 Å². The predicted molar refractivity (Wildman–Crippen MR) is 79.5 cm³/mol. The van der Waals surface area contributed by atoms with Gasteiger partial charge < -0.3 is 10.6 Å². The molecule has 20 heavy (non-hydrogen) atoms. The molecule has 112 valence electrons. The summed E-state index contributed by atoms with van der Waals surface area (Å²) in [5, 5.41) is 10.9. The molecule has 1 aromatic heterocycles. The summed E-state index contributed by atoms with van der Waals surface area (Å²) in [4.78, 5) is 12.0. The molecule has 0 radical (unpaired) electrons. The van der Waals surface area contributed by atoms with Crippen LogP contribution in [0.25, 0.3) is 0 Å². The molecule has 1 saturated heterocycles. The Labute approximate surface area is 121 Å². The van der Waals surface area contributed by atoms with Gasteiger partial charge in [-0.2, -0.15) is 5.10 Å². The number of carbonyl (C=O) groups is 1. The molecule has 1 aliphatic rings. The lowest BCUT2D eigenvalue weighted by atomic mass is 9.77. The van der Waals surface area contributed by atoms with Crippen molar-refractivity contribution >= 4 is 5.91 Å². The van der Waals surface area contributed by atoms with Gasteiger partial charge in [-0.3, -0.25) is 9.48 Å². The maximum Gasteiger partial charge on any atom is 0.241 e. The molecule has 1 amide bonds. The largest absolute Gasteiger partial charge is 0.353 e. The molecule has 5 nitrogen and oxygen atoms in total. The minimum Gasteiger partial charge on any atom is -0.353 e. The fourth-order valence-electron chi connectivity index (χ4n) is 2.86. The van der Waals surface area contributed by atoms with Crippen LogP contribution in [0, 0.1) is 19.3 Å². The number of piperidine rings is 1. The fraction of sp³-hybridized carbons (Fsp3) is 0.733. The van der Waals surface area contributed by atoms with Crippen molar-refractivity contribution in [2.45, 2.75) is 53.1 Å². The first-order valence-corrected chi connectivity index (χ1v) is 7.39. The zero-order chi connectivity index (χ0) is 14.8. The minimum absolute atomic E-state index is 0.0272. The zero-order valence-electron chi connectivity index (χ0n) is 13.0. The number of aryl methyl sites for hydroxylation is 2. The van der Waals surface area contributed by atoms with Crippen LogP contribution in [0.1, 0.15) is 38.1 Å². The summed E-state index contributed by atoms with van der Waals surface area (Å²) >= 11 is 0. The van der Waals surface area contributed by atoms with Crippen molar-refractivity contribution in [1.29, 1.82) is 0 Å². The molecule has 2 heterocycles. The van der Waals surface area contributed by atoms with Crippen molar-refractivity contribution in [1.82, 2.24) is 20.4 Å². The van der Waals surface area contributed by atoms with Crippen molar-refractivity contribution in [3.05, 3.63) is 17.5 Å². The van der Waals surface area contributed by atoms with Crippen molar-refractivity contribution in [3.63, 3.8) is 0 Å². The highest BCUT2D eigenvalue weighted by atomic mass is 16.2. The van der Waals surface area contributed by atoms with Gasteiger partial charge in [-0.15, -0.1) is 0 Å². The van der Waals surface area contributed by atoms with Gasteiger partial charge in [0, 0.05) is 18.3 Å². The molecule has 2 N–H and O–H groups in total. The lowest BCUT2D eigenvalue weighted by Gasteiger charge is -2.39. The van der Waals surface area contributed by atoms with Crippen LogP contribution in [0.15, 0.2) is 6.07 Å². The Hall–Kier alpha value is -1.36. The van der Waals surface area contributed by atoms with E-state index in [4.69, 9.17) is 0 Å². The van der Waals surface area contributed by atoms with Crippen molar-refractivity contribution in [2.24, 2.45) is 5.41 Å². The van der Waals surface area contributed by atoms with Crippen LogP contribution in [-0.2, 0) is 11.3 Å². The Morgan fingerprint density at radius 3 is 2.90 bits per heavy atom. The highest BCUT2D eigenvalue weighted by molar-refractivity contribution is 5.75. The van der Waals surface area contributed by atoms with Crippen LogP contribution in [0.5, 0.6) is 0 Å². The molecule has 1 atom stereocenters. The van der Waals surface area contributed by atoms with E-state index >= 15 is 0 Å². The number of amides is 1. The van der Waals surface area contributed by atoms with Gasteiger partial charge >= 0.3 is 0 Å².